The topological polar surface area (TPSA) is 63.6 Å². The fourth-order valence-corrected chi connectivity index (χ4v) is 3.01. The summed E-state index contributed by atoms with van der Waals surface area (Å²) in [5, 5.41) is 9.99. The maximum Gasteiger partial charge on any atom is 0.305 e. The molecule has 0 aromatic carbocycles. The normalized spacial score (nSPS) is 22.0. The van der Waals surface area contributed by atoms with Gasteiger partial charge < -0.3 is 9.84 Å². The van der Waals surface area contributed by atoms with E-state index in [4.69, 9.17) is 4.74 Å². The molecule has 0 saturated carbocycles. The van der Waals surface area contributed by atoms with Gasteiger partial charge in [0.25, 0.3) is 0 Å². The van der Waals surface area contributed by atoms with Crippen LogP contribution in [0.4, 0.5) is 0 Å². The smallest absolute Gasteiger partial charge is 0.305 e. The highest BCUT2D eigenvalue weighted by Gasteiger charge is 2.30. The third kappa shape index (κ3) is 6.73. The molecule has 0 radical (unpaired) electrons. The van der Waals surface area contributed by atoms with Gasteiger partial charge in [-0.3, -0.25) is 9.59 Å². The Morgan fingerprint density at radius 3 is 2.73 bits per heavy atom. The van der Waals surface area contributed by atoms with Gasteiger partial charge in [-0.05, 0) is 44.6 Å². The predicted molar refractivity (Wildman–Crippen MR) is 86.4 cm³/mol. The molecule has 1 rings (SSSR count). The number of rotatable bonds is 11. The first-order valence-corrected chi connectivity index (χ1v) is 8.64. The lowest BCUT2D eigenvalue weighted by Crippen LogP contribution is -2.19. The van der Waals surface area contributed by atoms with Crippen LogP contribution in [0, 0.1) is 11.8 Å². The van der Waals surface area contributed by atoms with Crippen molar-refractivity contribution in [3.8, 4) is 0 Å². The zero-order valence-electron chi connectivity index (χ0n) is 13.9. The summed E-state index contributed by atoms with van der Waals surface area (Å²) in [6.45, 7) is 4.31. The van der Waals surface area contributed by atoms with Crippen molar-refractivity contribution < 1.29 is 19.4 Å². The van der Waals surface area contributed by atoms with Gasteiger partial charge in [-0.25, -0.2) is 0 Å². The van der Waals surface area contributed by atoms with Crippen LogP contribution in [-0.2, 0) is 14.3 Å². The van der Waals surface area contributed by atoms with Crippen LogP contribution in [-0.4, -0.2) is 29.6 Å². The number of esters is 1. The third-order valence-electron chi connectivity index (χ3n) is 4.33. The first-order chi connectivity index (χ1) is 10.6. The summed E-state index contributed by atoms with van der Waals surface area (Å²) >= 11 is 0. The number of ether oxygens (including phenoxy) is 1. The van der Waals surface area contributed by atoms with Crippen molar-refractivity contribution in [1.29, 1.82) is 0 Å². The van der Waals surface area contributed by atoms with Crippen LogP contribution in [0.3, 0.4) is 0 Å². The van der Waals surface area contributed by atoms with Gasteiger partial charge in [0.2, 0.25) is 0 Å². The van der Waals surface area contributed by atoms with Crippen molar-refractivity contribution in [2.45, 2.75) is 71.3 Å². The van der Waals surface area contributed by atoms with Crippen LogP contribution in [0.1, 0.15) is 65.2 Å². The van der Waals surface area contributed by atoms with Gasteiger partial charge in [-0.2, -0.15) is 0 Å². The quantitative estimate of drug-likeness (QED) is 0.469. The molecule has 0 aromatic rings. The predicted octanol–water partition coefficient (Wildman–Crippen LogP) is 3.42. The SMILES string of the molecule is CCCCCC(O)CC[C@H]1C=CC(=O)[C@H]1CCC(=O)OCC. The Morgan fingerprint density at radius 1 is 1.27 bits per heavy atom. The molecule has 4 heteroatoms. The van der Waals surface area contributed by atoms with Crippen LogP contribution in [0.25, 0.3) is 0 Å². The lowest BCUT2D eigenvalue weighted by Gasteiger charge is -2.19. The maximum absolute atomic E-state index is 11.9. The maximum atomic E-state index is 11.9. The van der Waals surface area contributed by atoms with E-state index in [-0.39, 0.29) is 29.7 Å². The highest BCUT2D eigenvalue weighted by Crippen LogP contribution is 2.31. The van der Waals surface area contributed by atoms with Gasteiger partial charge in [-0.15, -0.1) is 0 Å². The molecule has 22 heavy (non-hydrogen) atoms. The molecule has 0 amide bonds. The fraction of sp³-hybridized carbons (Fsp3) is 0.778. The molecule has 3 atom stereocenters. The number of aliphatic hydroxyl groups excluding tert-OH is 1. The Labute approximate surface area is 133 Å². The van der Waals surface area contributed by atoms with Crippen LogP contribution in [0.2, 0.25) is 0 Å². The molecule has 4 nitrogen and oxygen atoms in total. The molecule has 0 fully saturated rings. The average Bonchev–Trinajstić information content (AvgIpc) is 2.84. The van der Waals surface area contributed by atoms with Gasteiger partial charge in [0.05, 0.1) is 12.7 Å². The summed E-state index contributed by atoms with van der Waals surface area (Å²) < 4.78 is 4.91. The minimum atomic E-state index is -0.277. The number of ketones is 1. The Balaban J connectivity index is 2.33. The van der Waals surface area contributed by atoms with Crippen molar-refractivity contribution >= 4 is 11.8 Å². The zero-order chi connectivity index (χ0) is 16.4. The number of hydrogen-bond acceptors (Lipinski definition) is 4. The van der Waals surface area contributed by atoms with Crippen molar-refractivity contribution in [3.05, 3.63) is 12.2 Å². The van der Waals surface area contributed by atoms with E-state index < -0.39 is 0 Å². The third-order valence-corrected chi connectivity index (χ3v) is 4.33. The van der Waals surface area contributed by atoms with E-state index in [1.165, 1.54) is 0 Å². The number of carbonyl (C=O) groups is 2. The number of unbranched alkanes of at least 4 members (excludes halogenated alkanes) is 2. The summed E-state index contributed by atoms with van der Waals surface area (Å²) in [4.78, 5) is 23.3. The molecule has 0 aliphatic heterocycles. The molecule has 0 bridgehead atoms. The first kappa shape index (κ1) is 18.9. The standard InChI is InChI=1S/C18H30O4/c1-3-5-6-7-15(19)10-8-14-9-12-17(20)16(14)11-13-18(21)22-4-2/h9,12,14-16,19H,3-8,10-11,13H2,1-2H3/t14-,15?,16-/m0/s1. The highest BCUT2D eigenvalue weighted by atomic mass is 16.5. The number of carbonyl (C=O) groups excluding carboxylic acids is 2. The van der Waals surface area contributed by atoms with E-state index in [1.54, 1.807) is 13.0 Å². The largest absolute Gasteiger partial charge is 0.466 e. The Kier molecular flexibility index (Phi) is 9.05. The van der Waals surface area contributed by atoms with Gasteiger partial charge >= 0.3 is 5.97 Å². The molecule has 1 N–H and O–H groups in total. The van der Waals surface area contributed by atoms with Crippen molar-refractivity contribution in [3.63, 3.8) is 0 Å². The van der Waals surface area contributed by atoms with Crippen LogP contribution in [0.5, 0.6) is 0 Å². The van der Waals surface area contributed by atoms with E-state index in [0.717, 1.165) is 38.5 Å². The molecule has 0 saturated heterocycles. The van der Waals surface area contributed by atoms with E-state index in [1.807, 2.05) is 6.08 Å². The second-order valence-electron chi connectivity index (χ2n) is 6.10. The van der Waals surface area contributed by atoms with Crippen molar-refractivity contribution in [2.75, 3.05) is 6.61 Å². The molecular weight excluding hydrogens is 280 g/mol. The molecule has 1 aliphatic rings. The summed E-state index contributed by atoms with van der Waals surface area (Å²) in [6.07, 6.45) is 9.87. The van der Waals surface area contributed by atoms with Gasteiger partial charge in [0, 0.05) is 12.3 Å². The molecule has 0 spiro atoms. The lowest BCUT2D eigenvalue weighted by atomic mass is 9.86. The van der Waals surface area contributed by atoms with Gasteiger partial charge in [0.1, 0.15) is 0 Å². The van der Waals surface area contributed by atoms with Crippen molar-refractivity contribution in [1.82, 2.24) is 0 Å². The molecule has 1 unspecified atom stereocenters. The van der Waals surface area contributed by atoms with Crippen LogP contribution >= 0.6 is 0 Å². The summed E-state index contributed by atoms with van der Waals surface area (Å²) in [5.74, 6) is -0.0923. The molecule has 0 heterocycles. The second kappa shape index (κ2) is 10.5. The molecule has 1 aliphatic carbocycles. The highest BCUT2D eigenvalue weighted by molar-refractivity contribution is 5.94. The number of hydrogen-bond donors (Lipinski definition) is 1. The van der Waals surface area contributed by atoms with E-state index in [0.29, 0.717) is 19.4 Å². The van der Waals surface area contributed by atoms with Crippen LogP contribution in [0.15, 0.2) is 12.2 Å². The zero-order valence-corrected chi connectivity index (χ0v) is 13.9. The van der Waals surface area contributed by atoms with Gasteiger partial charge in [-0.1, -0.05) is 32.3 Å². The monoisotopic (exact) mass is 310 g/mol. The Morgan fingerprint density at radius 2 is 2.05 bits per heavy atom. The van der Waals surface area contributed by atoms with E-state index in [2.05, 4.69) is 6.92 Å². The lowest BCUT2D eigenvalue weighted by molar-refractivity contribution is -0.143. The number of aliphatic hydroxyl groups is 1. The van der Waals surface area contributed by atoms with E-state index in [9.17, 15) is 14.7 Å². The fourth-order valence-electron chi connectivity index (χ4n) is 3.01. The molecule has 0 aromatic heterocycles. The number of allylic oxidation sites excluding steroid dienone is 2. The Bertz CT molecular complexity index is 375. The summed E-state index contributed by atoms with van der Waals surface area (Å²) in [7, 11) is 0. The van der Waals surface area contributed by atoms with E-state index >= 15 is 0 Å². The van der Waals surface area contributed by atoms with Crippen LogP contribution < -0.4 is 0 Å². The minimum Gasteiger partial charge on any atom is -0.466 e. The summed E-state index contributed by atoms with van der Waals surface area (Å²) in [6, 6.07) is 0. The first-order valence-electron chi connectivity index (χ1n) is 8.64. The molecular formula is C18H30O4. The van der Waals surface area contributed by atoms with Crippen molar-refractivity contribution in [2.24, 2.45) is 11.8 Å². The Hall–Kier alpha value is -1.16. The van der Waals surface area contributed by atoms with Gasteiger partial charge in [0.15, 0.2) is 5.78 Å². The second-order valence-corrected chi connectivity index (χ2v) is 6.10. The summed E-state index contributed by atoms with van der Waals surface area (Å²) in [5.41, 5.74) is 0. The molecule has 126 valence electrons. The average molecular weight is 310 g/mol. The minimum absolute atomic E-state index is 0.106.